The molecule has 1 aromatic carbocycles. The largest absolute Gasteiger partial charge is 0.489 e. The summed E-state index contributed by atoms with van der Waals surface area (Å²) in [5.74, 6) is 1.53. The number of aliphatic hydroxyl groups excluding tert-OH is 1. The number of aromatic nitrogens is 1. The first-order valence-corrected chi connectivity index (χ1v) is 12.3. The number of allylic oxidation sites excluding steroid dienone is 4. The van der Waals surface area contributed by atoms with Gasteiger partial charge in [-0.15, -0.1) is 11.8 Å². The van der Waals surface area contributed by atoms with Crippen LogP contribution in [0.4, 0.5) is 17.1 Å². The number of pyridine rings is 1. The van der Waals surface area contributed by atoms with E-state index in [0.717, 1.165) is 67.2 Å². The highest BCUT2D eigenvalue weighted by Crippen LogP contribution is 2.45. The summed E-state index contributed by atoms with van der Waals surface area (Å²) in [6.45, 7) is 2.64. The Kier molecular flexibility index (Phi) is 5.20. The Morgan fingerprint density at radius 1 is 1.28 bits per heavy atom. The van der Waals surface area contributed by atoms with Gasteiger partial charge in [0.15, 0.2) is 0 Å². The Hall–Kier alpha value is -2.70. The van der Waals surface area contributed by atoms with E-state index in [1.54, 1.807) is 11.8 Å². The van der Waals surface area contributed by atoms with Crippen molar-refractivity contribution in [3.05, 3.63) is 75.8 Å². The maximum Gasteiger partial charge on any atom is 0.144 e. The summed E-state index contributed by atoms with van der Waals surface area (Å²) in [5.41, 5.74) is 6.68. The second-order valence-electron chi connectivity index (χ2n) is 8.77. The quantitative estimate of drug-likeness (QED) is 0.635. The molecule has 6 heteroatoms. The molecule has 2 unspecified atom stereocenters. The standard InChI is InChI=1S/C26H27N3O2S/c30-23-8-6-20-21(9-11-27-26(20)23)28-18-5-7-22-24(15-18)31-14-13-29(22)12-10-17-16-32-25-4-2-1-3-19(17)25/h1-2,4-5,7,9,11,15-16,19,23,30H,3,6,8,10,12-14H2,(H,27,28). The number of thioether (sulfide) groups is 1. The van der Waals surface area contributed by atoms with Crippen molar-refractivity contribution in [2.45, 2.75) is 31.8 Å². The molecule has 2 aromatic rings. The first kappa shape index (κ1) is 19.9. The topological polar surface area (TPSA) is 57.6 Å². The molecule has 0 spiro atoms. The molecule has 0 saturated heterocycles. The van der Waals surface area contributed by atoms with Crippen molar-refractivity contribution in [3.8, 4) is 5.75 Å². The van der Waals surface area contributed by atoms with Crippen LogP contribution in [0.3, 0.4) is 0 Å². The minimum Gasteiger partial charge on any atom is -0.489 e. The minimum absolute atomic E-state index is 0.447. The maximum absolute atomic E-state index is 10.1. The van der Waals surface area contributed by atoms with E-state index >= 15 is 0 Å². The Morgan fingerprint density at radius 3 is 3.22 bits per heavy atom. The van der Waals surface area contributed by atoms with Crippen LogP contribution in [0.25, 0.3) is 0 Å². The van der Waals surface area contributed by atoms with Crippen molar-refractivity contribution < 1.29 is 9.84 Å². The highest BCUT2D eigenvalue weighted by atomic mass is 32.2. The normalized spacial score (nSPS) is 23.1. The van der Waals surface area contributed by atoms with Gasteiger partial charge in [-0.3, -0.25) is 4.98 Å². The van der Waals surface area contributed by atoms with E-state index in [1.165, 1.54) is 10.6 Å². The van der Waals surface area contributed by atoms with Crippen molar-refractivity contribution in [1.82, 2.24) is 4.98 Å². The van der Waals surface area contributed by atoms with Gasteiger partial charge in [0, 0.05) is 36.1 Å². The molecule has 0 saturated carbocycles. The fraction of sp³-hybridized carbons (Fsp3) is 0.346. The third kappa shape index (κ3) is 3.61. The van der Waals surface area contributed by atoms with Gasteiger partial charge in [0.2, 0.25) is 0 Å². The lowest BCUT2D eigenvalue weighted by Crippen LogP contribution is -2.33. The molecule has 0 fully saturated rings. The van der Waals surface area contributed by atoms with Crippen molar-refractivity contribution in [2.24, 2.45) is 5.92 Å². The number of hydrogen-bond acceptors (Lipinski definition) is 6. The third-order valence-electron chi connectivity index (χ3n) is 6.85. The smallest absolute Gasteiger partial charge is 0.144 e. The van der Waals surface area contributed by atoms with E-state index in [4.69, 9.17) is 4.74 Å². The zero-order valence-electron chi connectivity index (χ0n) is 18.0. The van der Waals surface area contributed by atoms with Gasteiger partial charge in [0.05, 0.1) is 24.0 Å². The molecule has 32 heavy (non-hydrogen) atoms. The molecular weight excluding hydrogens is 418 g/mol. The molecule has 1 aromatic heterocycles. The summed E-state index contributed by atoms with van der Waals surface area (Å²) in [4.78, 5) is 8.32. The van der Waals surface area contributed by atoms with E-state index in [2.05, 4.69) is 57.0 Å². The summed E-state index contributed by atoms with van der Waals surface area (Å²) in [7, 11) is 0. The van der Waals surface area contributed by atoms with E-state index < -0.39 is 6.10 Å². The van der Waals surface area contributed by atoms with E-state index in [9.17, 15) is 5.11 Å². The van der Waals surface area contributed by atoms with Crippen LogP contribution < -0.4 is 15.0 Å². The number of anilines is 3. The zero-order valence-corrected chi connectivity index (χ0v) is 18.8. The first-order chi connectivity index (χ1) is 15.8. The van der Waals surface area contributed by atoms with Crippen LogP contribution in [0.5, 0.6) is 5.75 Å². The van der Waals surface area contributed by atoms with Gasteiger partial charge in [0.25, 0.3) is 0 Å². The van der Waals surface area contributed by atoms with Gasteiger partial charge in [-0.25, -0.2) is 0 Å². The number of hydrogen-bond donors (Lipinski definition) is 2. The second kappa shape index (κ2) is 8.34. The molecule has 3 heterocycles. The Labute approximate surface area is 192 Å². The molecule has 2 N–H and O–H groups in total. The van der Waals surface area contributed by atoms with Crippen LogP contribution in [0.1, 0.15) is 36.6 Å². The molecule has 164 valence electrons. The monoisotopic (exact) mass is 445 g/mol. The third-order valence-corrected chi connectivity index (χ3v) is 7.96. The molecular formula is C26H27N3O2S. The highest BCUT2D eigenvalue weighted by Gasteiger charge is 2.27. The Balaban J connectivity index is 1.16. The van der Waals surface area contributed by atoms with Gasteiger partial charge in [0.1, 0.15) is 12.4 Å². The predicted molar refractivity (Wildman–Crippen MR) is 131 cm³/mol. The van der Waals surface area contributed by atoms with Gasteiger partial charge in [-0.05, 0) is 59.8 Å². The Bertz CT molecular complexity index is 1140. The minimum atomic E-state index is -0.447. The van der Waals surface area contributed by atoms with Crippen LogP contribution in [0.2, 0.25) is 0 Å². The molecule has 6 rings (SSSR count). The van der Waals surface area contributed by atoms with Crippen LogP contribution in [0, 0.1) is 5.92 Å². The molecule has 2 atom stereocenters. The second-order valence-corrected chi connectivity index (χ2v) is 9.71. The highest BCUT2D eigenvalue weighted by molar-refractivity contribution is 8.06. The fourth-order valence-electron chi connectivity index (χ4n) is 5.12. The number of nitrogens with zero attached hydrogens (tertiary/aromatic N) is 2. The zero-order chi connectivity index (χ0) is 21.5. The van der Waals surface area contributed by atoms with E-state index in [-0.39, 0.29) is 0 Å². The van der Waals surface area contributed by atoms with Crippen molar-refractivity contribution in [2.75, 3.05) is 29.9 Å². The van der Waals surface area contributed by atoms with Gasteiger partial charge < -0.3 is 20.1 Å². The molecule has 2 aliphatic heterocycles. The molecule has 0 amide bonds. The molecule has 0 bridgehead atoms. The SMILES string of the molecule is OC1CCc2c(Nc3ccc4c(c3)OCCN4CCC3=CSC4=CC=CCC34)ccnc21. The van der Waals surface area contributed by atoms with E-state index in [1.807, 2.05) is 17.8 Å². The number of aliphatic hydroxyl groups is 1. The number of nitrogens with one attached hydrogen (secondary N) is 1. The number of ether oxygens (including phenoxy) is 1. The average molecular weight is 446 g/mol. The summed E-state index contributed by atoms with van der Waals surface area (Å²) in [6, 6.07) is 8.37. The van der Waals surface area contributed by atoms with Crippen LogP contribution in [-0.2, 0) is 6.42 Å². The summed E-state index contributed by atoms with van der Waals surface area (Å²) >= 11 is 1.89. The molecule has 5 nitrogen and oxygen atoms in total. The van der Waals surface area contributed by atoms with Crippen LogP contribution in [-0.4, -0.2) is 29.8 Å². The Morgan fingerprint density at radius 2 is 2.25 bits per heavy atom. The maximum atomic E-state index is 10.1. The van der Waals surface area contributed by atoms with Crippen molar-refractivity contribution >= 4 is 28.8 Å². The van der Waals surface area contributed by atoms with E-state index in [0.29, 0.717) is 12.5 Å². The summed E-state index contributed by atoms with van der Waals surface area (Å²) in [5, 5.41) is 16.0. The predicted octanol–water partition coefficient (Wildman–Crippen LogP) is 5.48. The number of fused-ring (bicyclic) bond motifs is 3. The first-order valence-electron chi connectivity index (χ1n) is 11.4. The number of rotatable bonds is 5. The lowest BCUT2D eigenvalue weighted by atomic mass is 9.91. The van der Waals surface area contributed by atoms with Crippen LogP contribution >= 0.6 is 11.8 Å². The average Bonchev–Trinajstić information content (AvgIpc) is 3.42. The summed E-state index contributed by atoms with van der Waals surface area (Å²) in [6.07, 6.45) is 11.9. The van der Waals surface area contributed by atoms with Gasteiger partial charge in [-0.1, -0.05) is 23.8 Å². The van der Waals surface area contributed by atoms with Crippen molar-refractivity contribution in [1.29, 1.82) is 0 Å². The van der Waals surface area contributed by atoms with Crippen LogP contribution in [0.15, 0.2) is 64.6 Å². The van der Waals surface area contributed by atoms with Crippen molar-refractivity contribution in [3.63, 3.8) is 0 Å². The fourth-order valence-corrected chi connectivity index (χ4v) is 6.26. The molecule has 2 aliphatic carbocycles. The lowest BCUT2D eigenvalue weighted by Gasteiger charge is -2.32. The number of benzene rings is 1. The van der Waals surface area contributed by atoms with Gasteiger partial charge in [-0.2, -0.15) is 0 Å². The molecule has 4 aliphatic rings. The lowest BCUT2D eigenvalue weighted by molar-refractivity contribution is 0.176. The molecule has 0 radical (unpaired) electrons. The summed E-state index contributed by atoms with van der Waals surface area (Å²) < 4.78 is 6.03. The van der Waals surface area contributed by atoms with Gasteiger partial charge >= 0.3 is 0 Å².